The van der Waals surface area contributed by atoms with Gasteiger partial charge in [-0.05, 0) is 34.1 Å². The number of ether oxygens (including phenoxy) is 1. The summed E-state index contributed by atoms with van der Waals surface area (Å²) >= 11 is 0. The van der Waals surface area contributed by atoms with E-state index in [0.717, 1.165) is 22.3 Å². The monoisotopic (exact) mass is 472 g/mol. The van der Waals surface area contributed by atoms with E-state index in [-0.39, 0.29) is 41.9 Å². The van der Waals surface area contributed by atoms with Crippen molar-refractivity contribution in [3.8, 4) is 11.1 Å². The van der Waals surface area contributed by atoms with Gasteiger partial charge < -0.3 is 14.7 Å². The first kappa shape index (κ1) is 21.4. The van der Waals surface area contributed by atoms with Crippen LogP contribution in [0.25, 0.3) is 11.1 Å². The molecule has 1 aliphatic heterocycles. The van der Waals surface area contributed by atoms with Crippen LogP contribution in [0.5, 0.6) is 0 Å². The Morgan fingerprint density at radius 3 is 2.23 bits per heavy atom. The van der Waals surface area contributed by atoms with Gasteiger partial charge in [0.15, 0.2) is 5.69 Å². The maximum atomic E-state index is 12.8. The van der Waals surface area contributed by atoms with E-state index in [1.165, 1.54) is 10.7 Å². The molecule has 2 N–H and O–H groups in total. The SMILES string of the molecule is Cn1nc(C(=O)N2CC3C(C2)C3C(=O)O)cc1NC(=O)OCC1c2ccccc2-c2ccccc21. The van der Waals surface area contributed by atoms with Crippen LogP contribution < -0.4 is 5.32 Å². The number of anilines is 1. The van der Waals surface area contributed by atoms with Gasteiger partial charge in [0.2, 0.25) is 0 Å². The predicted molar refractivity (Wildman–Crippen MR) is 126 cm³/mol. The lowest BCUT2D eigenvalue weighted by Crippen LogP contribution is -2.32. The Kier molecular flexibility index (Phi) is 4.87. The molecular weight excluding hydrogens is 448 g/mol. The first-order valence-corrected chi connectivity index (χ1v) is 11.6. The molecule has 1 aromatic heterocycles. The summed E-state index contributed by atoms with van der Waals surface area (Å²) in [6.45, 7) is 1.03. The molecule has 0 bridgehead atoms. The smallest absolute Gasteiger partial charge is 0.412 e. The molecule has 9 nitrogen and oxygen atoms in total. The van der Waals surface area contributed by atoms with Crippen LogP contribution in [-0.4, -0.2) is 57.5 Å². The van der Waals surface area contributed by atoms with Gasteiger partial charge in [0.25, 0.3) is 5.91 Å². The summed E-state index contributed by atoms with van der Waals surface area (Å²) in [7, 11) is 1.64. The zero-order valence-electron chi connectivity index (χ0n) is 19.0. The molecule has 1 saturated heterocycles. The molecule has 2 aliphatic carbocycles. The third-order valence-corrected chi connectivity index (χ3v) is 7.44. The Labute approximate surface area is 201 Å². The van der Waals surface area contributed by atoms with E-state index in [4.69, 9.17) is 9.84 Å². The molecule has 9 heteroatoms. The minimum absolute atomic E-state index is 0.0265. The zero-order valence-corrected chi connectivity index (χ0v) is 19.0. The minimum atomic E-state index is -0.792. The number of nitrogens with one attached hydrogen (secondary N) is 1. The van der Waals surface area contributed by atoms with Crippen LogP contribution in [-0.2, 0) is 16.6 Å². The van der Waals surface area contributed by atoms with Gasteiger partial charge in [0.05, 0.1) is 5.92 Å². The number of aromatic nitrogens is 2. The summed E-state index contributed by atoms with van der Waals surface area (Å²) < 4.78 is 7.00. The van der Waals surface area contributed by atoms with E-state index in [1.807, 2.05) is 24.3 Å². The average Bonchev–Trinajstić information content (AvgIpc) is 3.14. The Morgan fingerprint density at radius 2 is 1.63 bits per heavy atom. The molecule has 2 unspecified atom stereocenters. The van der Waals surface area contributed by atoms with E-state index in [2.05, 4.69) is 34.7 Å². The van der Waals surface area contributed by atoms with Crippen LogP contribution in [0.4, 0.5) is 10.6 Å². The molecule has 2 heterocycles. The standard InChI is InChI=1S/C26H24N4O5/c1-29-22(10-21(28-29)24(31)30-11-18-19(12-30)23(18)25(32)33)27-26(34)35-13-20-16-8-4-2-6-14(16)15-7-3-5-9-17(15)20/h2-10,18-20,23H,11-13H2,1H3,(H,27,34)(H,32,33). The molecule has 35 heavy (non-hydrogen) atoms. The highest BCUT2D eigenvalue weighted by atomic mass is 16.5. The second kappa shape index (κ2) is 7.97. The fourth-order valence-corrected chi connectivity index (χ4v) is 5.65. The van der Waals surface area contributed by atoms with Gasteiger partial charge in [0.1, 0.15) is 12.4 Å². The quantitative estimate of drug-likeness (QED) is 0.590. The number of rotatable bonds is 5. The summed E-state index contributed by atoms with van der Waals surface area (Å²) in [4.78, 5) is 38.2. The summed E-state index contributed by atoms with van der Waals surface area (Å²) in [6, 6.07) is 17.8. The van der Waals surface area contributed by atoms with E-state index in [0.29, 0.717) is 18.9 Å². The van der Waals surface area contributed by atoms with E-state index < -0.39 is 12.1 Å². The van der Waals surface area contributed by atoms with E-state index in [1.54, 1.807) is 11.9 Å². The predicted octanol–water partition coefficient (Wildman–Crippen LogP) is 3.18. The van der Waals surface area contributed by atoms with Crippen LogP contribution in [0, 0.1) is 17.8 Å². The van der Waals surface area contributed by atoms with Crippen molar-refractivity contribution in [2.24, 2.45) is 24.8 Å². The number of carboxylic acids is 1. The molecule has 178 valence electrons. The van der Waals surface area contributed by atoms with E-state index >= 15 is 0 Å². The lowest BCUT2D eigenvalue weighted by atomic mass is 9.98. The van der Waals surface area contributed by atoms with Gasteiger partial charge in [-0.15, -0.1) is 0 Å². The molecule has 2 amide bonds. The highest BCUT2D eigenvalue weighted by Gasteiger charge is 2.60. The second-order valence-electron chi connectivity index (χ2n) is 9.39. The Balaban J connectivity index is 1.09. The molecule has 0 spiro atoms. The highest BCUT2D eigenvalue weighted by Crippen LogP contribution is 2.52. The lowest BCUT2D eigenvalue weighted by molar-refractivity contribution is -0.139. The fourth-order valence-electron chi connectivity index (χ4n) is 5.65. The Hall–Kier alpha value is -4.14. The number of carboxylic acid groups (broad SMARTS) is 1. The number of carbonyl (C=O) groups is 3. The third kappa shape index (κ3) is 3.54. The number of likely N-dealkylation sites (tertiary alicyclic amines) is 1. The topological polar surface area (TPSA) is 114 Å². The number of fused-ring (bicyclic) bond motifs is 4. The van der Waals surface area contributed by atoms with Crippen LogP contribution in [0.3, 0.4) is 0 Å². The summed E-state index contributed by atoms with van der Waals surface area (Å²) in [5.74, 6) is -1.05. The first-order valence-electron chi connectivity index (χ1n) is 11.6. The number of amides is 2. The van der Waals surface area contributed by atoms with Crippen molar-refractivity contribution in [3.63, 3.8) is 0 Å². The molecule has 0 radical (unpaired) electrons. The number of aryl methyl sites for hydroxylation is 1. The molecule has 6 rings (SSSR count). The maximum absolute atomic E-state index is 12.8. The summed E-state index contributed by atoms with van der Waals surface area (Å²) in [5.41, 5.74) is 4.77. The number of piperidine rings is 1. The summed E-state index contributed by atoms with van der Waals surface area (Å²) in [5, 5.41) is 16.1. The van der Waals surface area contributed by atoms with Crippen molar-refractivity contribution < 1.29 is 24.2 Å². The van der Waals surface area contributed by atoms with Crippen LogP contribution in [0.1, 0.15) is 27.5 Å². The molecule has 2 fully saturated rings. The van der Waals surface area contributed by atoms with Crippen molar-refractivity contribution in [1.29, 1.82) is 0 Å². The average molecular weight is 473 g/mol. The van der Waals surface area contributed by atoms with Crippen LogP contribution in [0.15, 0.2) is 54.6 Å². The molecular formula is C26H24N4O5. The van der Waals surface area contributed by atoms with Crippen molar-refractivity contribution in [3.05, 3.63) is 71.4 Å². The van der Waals surface area contributed by atoms with Gasteiger partial charge >= 0.3 is 12.1 Å². The van der Waals surface area contributed by atoms with Crippen molar-refractivity contribution in [2.75, 3.05) is 25.0 Å². The largest absolute Gasteiger partial charge is 0.481 e. The summed E-state index contributed by atoms with van der Waals surface area (Å²) in [6.07, 6.45) is -0.624. The van der Waals surface area contributed by atoms with Gasteiger partial charge in [-0.2, -0.15) is 5.10 Å². The van der Waals surface area contributed by atoms with Gasteiger partial charge in [-0.25, -0.2) is 4.79 Å². The van der Waals surface area contributed by atoms with Crippen molar-refractivity contribution in [2.45, 2.75) is 5.92 Å². The Morgan fingerprint density at radius 1 is 1.03 bits per heavy atom. The van der Waals surface area contributed by atoms with Gasteiger partial charge in [0, 0.05) is 32.1 Å². The van der Waals surface area contributed by atoms with Crippen molar-refractivity contribution >= 4 is 23.8 Å². The van der Waals surface area contributed by atoms with Crippen LogP contribution >= 0.6 is 0 Å². The van der Waals surface area contributed by atoms with Gasteiger partial charge in [-0.3, -0.25) is 19.6 Å². The highest BCUT2D eigenvalue weighted by molar-refractivity contribution is 5.95. The third-order valence-electron chi connectivity index (χ3n) is 7.44. The fraction of sp³-hybridized carbons (Fsp3) is 0.308. The second-order valence-corrected chi connectivity index (χ2v) is 9.39. The van der Waals surface area contributed by atoms with Gasteiger partial charge in [-0.1, -0.05) is 48.5 Å². The minimum Gasteiger partial charge on any atom is -0.481 e. The number of carbonyl (C=O) groups excluding carboxylic acids is 2. The van der Waals surface area contributed by atoms with Crippen molar-refractivity contribution in [1.82, 2.24) is 14.7 Å². The number of aliphatic carboxylic acids is 1. The maximum Gasteiger partial charge on any atom is 0.412 e. The molecule has 3 aromatic rings. The molecule has 3 aliphatic rings. The molecule has 2 aromatic carbocycles. The van der Waals surface area contributed by atoms with E-state index in [9.17, 15) is 14.4 Å². The number of nitrogens with zero attached hydrogens (tertiary/aromatic N) is 3. The normalized spacial score (nSPS) is 21.7. The number of benzene rings is 2. The number of hydrogen-bond acceptors (Lipinski definition) is 5. The number of hydrogen-bond donors (Lipinski definition) is 2. The Bertz CT molecular complexity index is 1310. The zero-order chi connectivity index (χ0) is 24.3. The van der Waals surface area contributed by atoms with Crippen LogP contribution in [0.2, 0.25) is 0 Å². The first-order chi connectivity index (χ1) is 16.9. The molecule has 1 saturated carbocycles. The lowest BCUT2D eigenvalue weighted by Gasteiger charge is -2.17. The molecule has 2 atom stereocenters.